The summed E-state index contributed by atoms with van der Waals surface area (Å²) in [6, 6.07) is 0. The minimum absolute atomic E-state index is 0.140. The number of halogens is 2. The van der Waals surface area contributed by atoms with Gasteiger partial charge in [-0.15, -0.1) is 0 Å². The molecule has 11 heavy (non-hydrogen) atoms. The highest BCUT2D eigenvalue weighted by atomic mass is 19.2. The van der Waals surface area contributed by atoms with Crippen LogP contribution in [0.2, 0.25) is 0 Å². The van der Waals surface area contributed by atoms with Crippen LogP contribution in [0.15, 0.2) is 0 Å². The molecule has 0 aromatic carbocycles. The molecular weight excluding hydrogens is 148 g/mol. The summed E-state index contributed by atoms with van der Waals surface area (Å²) in [5, 5.41) is 0. The summed E-state index contributed by atoms with van der Waals surface area (Å²) in [5.41, 5.74) is 5.57. The van der Waals surface area contributed by atoms with E-state index in [9.17, 15) is 8.78 Å². The first-order valence-corrected chi connectivity index (χ1v) is 4.10. The van der Waals surface area contributed by atoms with Crippen LogP contribution in [0.5, 0.6) is 0 Å². The van der Waals surface area contributed by atoms with Crippen molar-refractivity contribution in [2.75, 3.05) is 0 Å². The topological polar surface area (TPSA) is 26.0 Å². The van der Waals surface area contributed by atoms with E-state index < -0.39 is 12.3 Å². The van der Waals surface area contributed by atoms with E-state index in [4.69, 9.17) is 5.73 Å². The molecule has 3 heteroatoms. The van der Waals surface area contributed by atoms with Gasteiger partial charge in [0.05, 0.1) is 0 Å². The fraction of sp³-hybridized carbons (Fsp3) is 1.00. The lowest BCUT2D eigenvalue weighted by molar-refractivity contribution is 0.166. The quantitative estimate of drug-likeness (QED) is 0.673. The molecular formula is C8H15F2N. The third kappa shape index (κ3) is 2.73. The minimum atomic E-state index is -1.35. The molecule has 0 heterocycles. The third-order valence-corrected chi connectivity index (χ3v) is 2.31. The number of rotatable bonds is 4. The fourth-order valence-corrected chi connectivity index (χ4v) is 1.07. The molecule has 1 saturated carbocycles. The van der Waals surface area contributed by atoms with Crippen molar-refractivity contribution in [2.24, 2.45) is 5.73 Å². The molecule has 0 saturated heterocycles. The van der Waals surface area contributed by atoms with Gasteiger partial charge >= 0.3 is 0 Å². The first-order valence-electron chi connectivity index (χ1n) is 4.10. The van der Waals surface area contributed by atoms with Crippen molar-refractivity contribution in [2.45, 2.75) is 50.5 Å². The average Bonchev–Trinajstić information content (AvgIpc) is 2.64. The zero-order valence-corrected chi connectivity index (χ0v) is 6.82. The van der Waals surface area contributed by atoms with E-state index in [1.54, 1.807) is 0 Å². The van der Waals surface area contributed by atoms with Crippen LogP contribution in [0.25, 0.3) is 0 Å². The zero-order valence-electron chi connectivity index (χ0n) is 6.82. The first-order chi connectivity index (χ1) is 5.03. The number of alkyl halides is 2. The molecule has 2 atom stereocenters. The smallest absolute Gasteiger partial charge is 0.131 e. The molecule has 0 bridgehead atoms. The molecule has 0 aliphatic heterocycles. The summed E-state index contributed by atoms with van der Waals surface area (Å²) in [6.45, 7) is 1.25. The van der Waals surface area contributed by atoms with Crippen LogP contribution in [-0.4, -0.2) is 17.9 Å². The maximum atomic E-state index is 12.7. The van der Waals surface area contributed by atoms with Gasteiger partial charge in [0.1, 0.15) is 12.3 Å². The van der Waals surface area contributed by atoms with Gasteiger partial charge in [0, 0.05) is 5.54 Å². The van der Waals surface area contributed by atoms with Crippen molar-refractivity contribution in [3.05, 3.63) is 0 Å². The summed E-state index contributed by atoms with van der Waals surface area (Å²) >= 11 is 0. The van der Waals surface area contributed by atoms with Gasteiger partial charge in [-0.05, 0) is 32.6 Å². The second kappa shape index (κ2) is 3.05. The predicted octanol–water partition coefficient (Wildman–Crippen LogP) is 1.95. The summed E-state index contributed by atoms with van der Waals surface area (Å²) in [7, 11) is 0. The van der Waals surface area contributed by atoms with Gasteiger partial charge < -0.3 is 5.73 Å². The lowest BCUT2D eigenvalue weighted by Crippen LogP contribution is -2.24. The van der Waals surface area contributed by atoms with Crippen LogP contribution in [0.1, 0.15) is 32.6 Å². The predicted molar refractivity (Wildman–Crippen MR) is 40.9 cm³/mol. The van der Waals surface area contributed by atoms with E-state index in [2.05, 4.69) is 0 Å². The lowest BCUT2D eigenvalue weighted by Gasteiger charge is -2.12. The van der Waals surface area contributed by atoms with Crippen molar-refractivity contribution >= 4 is 0 Å². The van der Waals surface area contributed by atoms with Crippen LogP contribution in [0.4, 0.5) is 8.78 Å². The molecule has 0 radical (unpaired) electrons. The van der Waals surface area contributed by atoms with Crippen molar-refractivity contribution in [1.82, 2.24) is 0 Å². The van der Waals surface area contributed by atoms with Crippen LogP contribution in [-0.2, 0) is 0 Å². The Morgan fingerprint density at radius 1 is 1.45 bits per heavy atom. The monoisotopic (exact) mass is 163 g/mol. The van der Waals surface area contributed by atoms with Gasteiger partial charge in [0.15, 0.2) is 0 Å². The van der Waals surface area contributed by atoms with Crippen molar-refractivity contribution in [3.8, 4) is 0 Å². The average molecular weight is 163 g/mol. The van der Waals surface area contributed by atoms with Gasteiger partial charge in [0.2, 0.25) is 0 Å². The van der Waals surface area contributed by atoms with Crippen LogP contribution in [0, 0.1) is 0 Å². The maximum absolute atomic E-state index is 12.7. The minimum Gasteiger partial charge on any atom is -0.325 e. The van der Waals surface area contributed by atoms with E-state index in [0.29, 0.717) is 6.42 Å². The molecule has 1 aliphatic rings. The molecule has 1 fully saturated rings. The maximum Gasteiger partial charge on any atom is 0.131 e. The van der Waals surface area contributed by atoms with Gasteiger partial charge in [-0.1, -0.05) is 0 Å². The SMILES string of the molecule is CC(F)C(F)CCC1(N)CC1. The number of hydrogen-bond donors (Lipinski definition) is 1. The summed E-state index contributed by atoms with van der Waals surface area (Å²) in [5.74, 6) is 0. The summed E-state index contributed by atoms with van der Waals surface area (Å²) in [6.07, 6.45) is 0.172. The Kier molecular flexibility index (Phi) is 2.47. The van der Waals surface area contributed by atoms with E-state index >= 15 is 0 Å². The molecule has 0 aromatic heterocycles. The van der Waals surface area contributed by atoms with Crippen molar-refractivity contribution in [3.63, 3.8) is 0 Å². The Balaban J connectivity index is 2.11. The number of hydrogen-bond acceptors (Lipinski definition) is 1. The Labute approximate surface area is 66.0 Å². The van der Waals surface area contributed by atoms with E-state index in [-0.39, 0.29) is 12.0 Å². The van der Waals surface area contributed by atoms with E-state index in [1.165, 1.54) is 6.92 Å². The molecule has 2 N–H and O–H groups in total. The number of nitrogens with two attached hydrogens (primary N) is 1. The first kappa shape index (κ1) is 8.91. The standard InChI is InChI=1S/C8H15F2N/c1-6(9)7(10)2-3-8(11)4-5-8/h6-7H,2-5,11H2,1H3. The second-order valence-corrected chi connectivity index (χ2v) is 3.59. The van der Waals surface area contributed by atoms with E-state index in [1.807, 2.05) is 0 Å². The van der Waals surface area contributed by atoms with Crippen LogP contribution < -0.4 is 5.73 Å². The molecule has 66 valence electrons. The lowest BCUT2D eigenvalue weighted by atomic mass is 10.1. The van der Waals surface area contributed by atoms with Crippen molar-refractivity contribution in [1.29, 1.82) is 0 Å². The third-order valence-electron chi connectivity index (χ3n) is 2.31. The largest absolute Gasteiger partial charge is 0.325 e. The Morgan fingerprint density at radius 3 is 2.36 bits per heavy atom. The van der Waals surface area contributed by atoms with Gasteiger partial charge in [-0.25, -0.2) is 8.78 Å². The highest BCUT2D eigenvalue weighted by Crippen LogP contribution is 2.37. The second-order valence-electron chi connectivity index (χ2n) is 3.59. The highest BCUT2D eigenvalue weighted by Gasteiger charge is 2.38. The van der Waals surface area contributed by atoms with Crippen LogP contribution in [0.3, 0.4) is 0 Å². The Hall–Kier alpha value is -0.180. The van der Waals surface area contributed by atoms with Crippen molar-refractivity contribution < 1.29 is 8.78 Å². The molecule has 1 aliphatic carbocycles. The molecule has 1 rings (SSSR count). The summed E-state index contributed by atoms with van der Waals surface area (Å²) < 4.78 is 24.9. The molecule has 2 unspecified atom stereocenters. The fourth-order valence-electron chi connectivity index (χ4n) is 1.07. The molecule has 0 aromatic rings. The van der Waals surface area contributed by atoms with Gasteiger partial charge in [0.25, 0.3) is 0 Å². The highest BCUT2D eigenvalue weighted by molar-refractivity contribution is 4.98. The zero-order chi connectivity index (χ0) is 8.48. The van der Waals surface area contributed by atoms with E-state index in [0.717, 1.165) is 12.8 Å². The van der Waals surface area contributed by atoms with Crippen LogP contribution >= 0.6 is 0 Å². The molecule has 0 amide bonds. The Bertz CT molecular complexity index is 132. The summed E-state index contributed by atoms with van der Waals surface area (Å²) in [4.78, 5) is 0. The molecule has 1 nitrogen and oxygen atoms in total. The van der Waals surface area contributed by atoms with Gasteiger partial charge in [-0.2, -0.15) is 0 Å². The Morgan fingerprint density at radius 2 is 2.00 bits per heavy atom. The molecule has 0 spiro atoms. The van der Waals surface area contributed by atoms with Gasteiger partial charge in [-0.3, -0.25) is 0 Å². The normalized spacial score (nSPS) is 26.2.